The van der Waals surface area contributed by atoms with Crippen LogP contribution in [0.1, 0.15) is 41.5 Å². The molecular weight excluding hydrogens is 429 g/mol. The minimum atomic E-state index is -3.67. The first-order chi connectivity index (χ1) is 15.1. The Labute approximate surface area is 190 Å². The largest absolute Gasteiger partial charge is 0.353 e. The molecule has 0 bridgehead atoms. The quantitative estimate of drug-likeness (QED) is 0.633. The number of aryl methyl sites for hydroxylation is 3. The van der Waals surface area contributed by atoms with Crippen LogP contribution in [0.3, 0.4) is 0 Å². The van der Waals surface area contributed by atoms with E-state index in [1.807, 2.05) is 19.1 Å². The van der Waals surface area contributed by atoms with E-state index in [-0.39, 0.29) is 35.6 Å². The molecule has 1 saturated heterocycles. The van der Waals surface area contributed by atoms with Gasteiger partial charge in [-0.15, -0.1) is 0 Å². The van der Waals surface area contributed by atoms with Gasteiger partial charge in [0.1, 0.15) is 5.82 Å². The number of halogens is 1. The van der Waals surface area contributed by atoms with Crippen LogP contribution < -0.4 is 10.0 Å². The van der Waals surface area contributed by atoms with E-state index in [1.165, 1.54) is 12.1 Å². The van der Waals surface area contributed by atoms with Crippen LogP contribution in [-0.2, 0) is 21.4 Å². The third-order valence-corrected chi connectivity index (χ3v) is 7.56. The van der Waals surface area contributed by atoms with Crippen molar-refractivity contribution in [2.75, 3.05) is 19.6 Å². The lowest BCUT2D eigenvalue weighted by Gasteiger charge is -2.32. The molecule has 32 heavy (non-hydrogen) atoms. The van der Waals surface area contributed by atoms with Gasteiger partial charge in [0.25, 0.3) is 0 Å². The molecule has 1 heterocycles. The number of likely N-dealkylation sites (tertiary alicyclic amines) is 1. The van der Waals surface area contributed by atoms with Crippen LogP contribution in [0.4, 0.5) is 4.39 Å². The number of benzene rings is 2. The minimum absolute atomic E-state index is 0.0599. The number of rotatable bonds is 8. The third kappa shape index (κ3) is 6.60. The van der Waals surface area contributed by atoms with Gasteiger partial charge in [-0.2, -0.15) is 0 Å². The Hall–Kier alpha value is -2.29. The van der Waals surface area contributed by atoms with Crippen LogP contribution in [0.25, 0.3) is 0 Å². The van der Waals surface area contributed by atoms with Crippen molar-refractivity contribution < 1.29 is 17.6 Å². The van der Waals surface area contributed by atoms with Gasteiger partial charge in [0.2, 0.25) is 15.9 Å². The zero-order chi connectivity index (χ0) is 23.3. The summed E-state index contributed by atoms with van der Waals surface area (Å²) >= 11 is 0. The van der Waals surface area contributed by atoms with Crippen molar-refractivity contribution in [3.8, 4) is 0 Å². The lowest BCUT2D eigenvalue weighted by Crippen LogP contribution is -2.45. The first-order valence-electron chi connectivity index (χ1n) is 11.0. The fourth-order valence-electron chi connectivity index (χ4n) is 4.35. The van der Waals surface area contributed by atoms with Crippen LogP contribution in [-0.4, -0.2) is 44.9 Å². The number of hydrogen-bond donors (Lipinski definition) is 2. The molecule has 0 spiro atoms. The van der Waals surface area contributed by atoms with Crippen LogP contribution >= 0.6 is 0 Å². The third-order valence-electron chi connectivity index (χ3n) is 5.79. The summed E-state index contributed by atoms with van der Waals surface area (Å²) in [5, 5.41) is 3.02. The fourth-order valence-corrected chi connectivity index (χ4v) is 5.83. The number of carbonyl (C=O) groups excluding carboxylic acids is 1. The molecule has 0 atom stereocenters. The average molecular weight is 462 g/mol. The van der Waals surface area contributed by atoms with Crippen LogP contribution in [0.15, 0.2) is 41.3 Å². The Kier molecular flexibility index (Phi) is 8.03. The molecule has 0 aromatic heterocycles. The predicted octanol–water partition coefficient (Wildman–Crippen LogP) is 3.20. The first kappa shape index (κ1) is 24.4. The number of amides is 1. The highest BCUT2D eigenvalue weighted by Crippen LogP contribution is 2.21. The molecule has 1 fully saturated rings. The molecule has 0 radical (unpaired) electrons. The van der Waals surface area contributed by atoms with Gasteiger partial charge in [0.05, 0.1) is 4.90 Å². The van der Waals surface area contributed by atoms with E-state index in [9.17, 15) is 17.6 Å². The van der Waals surface area contributed by atoms with Gasteiger partial charge < -0.3 is 5.32 Å². The molecule has 2 aromatic carbocycles. The predicted molar refractivity (Wildman–Crippen MR) is 123 cm³/mol. The molecule has 1 amide bonds. The van der Waals surface area contributed by atoms with Crippen molar-refractivity contribution in [2.24, 2.45) is 0 Å². The van der Waals surface area contributed by atoms with Gasteiger partial charge >= 0.3 is 0 Å². The summed E-state index contributed by atoms with van der Waals surface area (Å²) in [5.74, 6) is -0.386. The number of sulfonamides is 1. The second-order valence-corrected chi connectivity index (χ2v) is 10.3. The van der Waals surface area contributed by atoms with E-state index < -0.39 is 10.0 Å². The molecular formula is C24H32FN3O3S. The van der Waals surface area contributed by atoms with Gasteiger partial charge in [-0.1, -0.05) is 29.8 Å². The van der Waals surface area contributed by atoms with Crippen molar-refractivity contribution in [2.45, 2.75) is 57.5 Å². The van der Waals surface area contributed by atoms with Crippen LogP contribution in [0, 0.1) is 26.6 Å². The summed E-state index contributed by atoms with van der Waals surface area (Å²) in [5.41, 5.74) is 3.49. The smallest absolute Gasteiger partial charge is 0.241 e. The molecule has 6 nitrogen and oxygen atoms in total. The van der Waals surface area contributed by atoms with E-state index >= 15 is 0 Å². The molecule has 1 aliphatic heterocycles. The van der Waals surface area contributed by atoms with Crippen molar-refractivity contribution in [1.29, 1.82) is 0 Å². The number of hydrogen-bond acceptors (Lipinski definition) is 4. The minimum Gasteiger partial charge on any atom is -0.353 e. The second kappa shape index (κ2) is 10.6. The van der Waals surface area contributed by atoms with Crippen LogP contribution in [0.5, 0.6) is 0 Å². The summed E-state index contributed by atoms with van der Waals surface area (Å²) in [6.07, 6.45) is 1.76. The van der Waals surface area contributed by atoms with E-state index in [0.29, 0.717) is 11.1 Å². The van der Waals surface area contributed by atoms with E-state index in [1.54, 1.807) is 26.0 Å². The second-order valence-electron chi connectivity index (χ2n) is 8.62. The summed E-state index contributed by atoms with van der Waals surface area (Å²) < 4.78 is 41.0. The van der Waals surface area contributed by atoms with Gasteiger partial charge in [-0.25, -0.2) is 17.5 Å². The number of nitrogens with zero attached hydrogens (tertiary/aromatic N) is 1. The number of piperidine rings is 1. The van der Waals surface area contributed by atoms with Crippen molar-refractivity contribution in [3.05, 3.63) is 64.5 Å². The standard InChI is InChI=1S/C24H32FN3O3S/c1-17-14-18(2)24(19(3)15-17)32(30,31)26-11-8-23(29)27-22-9-12-28(13-10-22)16-20-4-6-21(25)7-5-20/h4-7,14-15,22,26H,8-13,16H2,1-3H3,(H,27,29). The van der Waals surface area contributed by atoms with E-state index in [2.05, 4.69) is 14.9 Å². The molecule has 0 unspecified atom stereocenters. The number of carbonyl (C=O) groups is 1. The van der Waals surface area contributed by atoms with Crippen molar-refractivity contribution >= 4 is 15.9 Å². The van der Waals surface area contributed by atoms with E-state index in [0.717, 1.165) is 43.6 Å². The summed E-state index contributed by atoms with van der Waals surface area (Å²) in [4.78, 5) is 14.9. The summed E-state index contributed by atoms with van der Waals surface area (Å²) in [7, 11) is -3.67. The zero-order valence-electron chi connectivity index (χ0n) is 18.9. The van der Waals surface area contributed by atoms with Crippen molar-refractivity contribution in [1.82, 2.24) is 14.9 Å². The average Bonchev–Trinajstić information content (AvgIpc) is 2.70. The summed E-state index contributed by atoms with van der Waals surface area (Å²) in [6, 6.07) is 10.3. The summed E-state index contributed by atoms with van der Waals surface area (Å²) in [6.45, 7) is 8.02. The maximum absolute atomic E-state index is 13.0. The number of nitrogens with one attached hydrogen (secondary N) is 2. The maximum atomic E-state index is 13.0. The molecule has 1 aliphatic rings. The topological polar surface area (TPSA) is 78.5 Å². The SMILES string of the molecule is Cc1cc(C)c(S(=O)(=O)NCCC(=O)NC2CCN(Cc3ccc(F)cc3)CC2)c(C)c1. The van der Waals surface area contributed by atoms with Crippen LogP contribution in [0.2, 0.25) is 0 Å². The molecule has 8 heteroatoms. The van der Waals surface area contributed by atoms with Gasteiger partial charge in [-0.05, 0) is 62.4 Å². The Morgan fingerprint density at radius 2 is 1.66 bits per heavy atom. The first-order valence-corrected chi connectivity index (χ1v) is 12.5. The highest BCUT2D eigenvalue weighted by atomic mass is 32.2. The van der Waals surface area contributed by atoms with E-state index in [4.69, 9.17) is 0 Å². The molecule has 0 saturated carbocycles. The van der Waals surface area contributed by atoms with Gasteiger partial charge in [-0.3, -0.25) is 9.69 Å². The molecule has 174 valence electrons. The Morgan fingerprint density at radius 1 is 1.06 bits per heavy atom. The molecule has 0 aliphatic carbocycles. The zero-order valence-corrected chi connectivity index (χ0v) is 19.8. The molecule has 2 N–H and O–H groups in total. The highest BCUT2D eigenvalue weighted by Gasteiger charge is 2.22. The maximum Gasteiger partial charge on any atom is 0.241 e. The lowest BCUT2D eigenvalue weighted by atomic mass is 10.0. The Morgan fingerprint density at radius 3 is 2.25 bits per heavy atom. The van der Waals surface area contributed by atoms with Gasteiger partial charge in [0, 0.05) is 38.6 Å². The molecule has 3 rings (SSSR count). The van der Waals surface area contributed by atoms with Crippen molar-refractivity contribution in [3.63, 3.8) is 0 Å². The monoisotopic (exact) mass is 461 g/mol. The highest BCUT2D eigenvalue weighted by molar-refractivity contribution is 7.89. The Balaban J connectivity index is 1.41. The van der Waals surface area contributed by atoms with Gasteiger partial charge in [0.15, 0.2) is 0 Å². The fraction of sp³-hybridized carbons (Fsp3) is 0.458. The molecule has 2 aromatic rings. The lowest BCUT2D eigenvalue weighted by molar-refractivity contribution is -0.121. The normalized spacial score (nSPS) is 15.6. The Bertz CT molecular complexity index is 1020.